The van der Waals surface area contributed by atoms with Gasteiger partial charge in [-0.2, -0.15) is 0 Å². The van der Waals surface area contributed by atoms with Crippen molar-refractivity contribution in [2.75, 3.05) is 0 Å². The summed E-state index contributed by atoms with van der Waals surface area (Å²) in [5.74, 6) is 0.786. The summed E-state index contributed by atoms with van der Waals surface area (Å²) in [7, 11) is 2.95. The van der Waals surface area contributed by atoms with Gasteiger partial charge in [-0.25, -0.2) is 0 Å². The van der Waals surface area contributed by atoms with Gasteiger partial charge in [0.1, 0.15) is 5.75 Å². The maximum atomic E-state index is 4.87. The Balaban J connectivity index is 3.08. The van der Waals surface area contributed by atoms with E-state index in [4.69, 9.17) is 4.43 Å². The van der Waals surface area contributed by atoms with Gasteiger partial charge in [0, 0.05) is 5.56 Å². The maximum absolute atomic E-state index is 4.87. The molecule has 0 aliphatic carbocycles. The first-order valence-electron chi connectivity index (χ1n) is 2.93. The molecule has 0 spiro atoms. The van der Waals surface area contributed by atoms with Gasteiger partial charge in [0.15, 0.2) is 0 Å². The largest absolute Gasteiger partial charge is 0.540 e. The van der Waals surface area contributed by atoms with Crippen molar-refractivity contribution in [3.63, 3.8) is 0 Å². The Morgan fingerprint density at radius 1 is 1.40 bits per heavy atom. The predicted octanol–water partition coefficient (Wildman–Crippen LogP) is 1.79. The third-order valence-electron chi connectivity index (χ3n) is 1.25. The molecule has 1 aromatic carbocycles. The van der Waals surface area contributed by atoms with Crippen LogP contribution in [0.4, 0.5) is 0 Å². The summed E-state index contributed by atoms with van der Waals surface area (Å²) < 4.78 is 4.87. The fraction of sp³-hybridized carbons (Fsp3) is 0. The highest BCUT2D eigenvalue weighted by molar-refractivity contribution is 6.00. The Bertz CT molecular complexity index is 232. The van der Waals surface area contributed by atoms with Crippen LogP contribution in [0.25, 0.3) is 6.08 Å². The van der Waals surface area contributed by atoms with Gasteiger partial charge in [-0.15, -0.1) is 0 Å². The molecular weight excluding hydrogens is 140 g/mol. The van der Waals surface area contributed by atoms with Crippen LogP contribution in [0.1, 0.15) is 5.56 Å². The molecule has 0 aromatic heterocycles. The second-order valence-electron chi connectivity index (χ2n) is 1.84. The second kappa shape index (κ2) is 3.22. The number of rotatable bonds is 2. The van der Waals surface area contributed by atoms with Crippen molar-refractivity contribution in [2.24, 2.45) is 0 Å². The van der Waals surface area contributed by atoms with Crippen LogP contribution in [0.5, 0.6) is 5.75 Å². The molecule has 0 aliphatic rings. The standard InChI is InChI=1S/C8H7OSi/c1-2-7-5-3-4-6-8(7)9-10/h2-6H,1H2. The molecule has 1 aromatic rings. The summed E-state index contributed by atoms with van der Waals surface area (Å²) in [6.45, 7) is 3.64. The van der Waals surface area contributed by atoms with Crippen molar-refractivity contribution < 1.29 is 4.43 Å². The smallest absolute Gasteiger partial charge is 0.341 e. The molecule has 0 saturated carbocycles. The molecular formula is C8H7OSi. The van der Waals surface area contributed by atoms with Crippen molar-refractivity contribution >= 4 is 16.6 Å². The average Bonchev–Trinajstić information content (AvgIpc) is 2.04. The van der Waals surface area contributed by atoms with E-state index in [0.717, 1.165) is 11.3 Å². The van der Waals surface area contributed by atoms with E-state index in [0.29, 0.717) is 0 Å². The Kier molecular flexibility index (Phi) is 2.28. The van der Waals surface area contributed by atoms with Gasteiger partial charge in [-0.1, -0.05) is 30.9 Å². The molecule has 0 atom stereocenters. The van der Waals surface area contributed by atoms with Crippen LogP contribution in [0.2, 0.25) is 0 Å². The predicted molar refractivity (Wildman–Crippen MR) is 42.9 cm³/mol. The molecule has 1 rings (SSSR count). The van der Waals surface area contributed by atoms with E-state index in [2.05, 4.69) is 17.1 Å². The lowest BCUT2D eigenvalue weighted by atomic mass is 10.2. The molecule has 2 heteroatoms. The lowest BCUT2D eigenvalue weighted by Gasteiger charge is -2.01. The Morgan fingerprint density at radius 2 is 2.10 bits per heavy atom. The number of hydrogen-bond donors (Lipinski definition) is 0. The molecule has 0 amide bonds. The van der Waals surface area contributed by atoms with Gasteiger partial charge < -0.3 is 4.43 Å². The molecule has 0 bridgehead atoms. The summed E-state index contributed by atoms with van der Waals surface area (Å²) >= 11 is 0. The molecule has 0 unspecified atom stereocenters. The van der Waals surface area contributed by atoms with Crippen LogP contribution in [0, 0.1) is 0 Å². The van der Waals surface area contributed by atoms with Crippen molar-refractivity contribution in [2.45, 2.75) is 0 Å². The average molecular weight is 147 g/mol. The minimum absolute atomic E-state index is 0.786. The van der Waals surface area contributed by atoms with E-state index in [1.807, 2.05) is 24.3 Å². The van der Waals surface area contributed by atoms with E-state index in [1.165, 1.54) is 0 Å². The number of benzene rings is 1. The second-order valence-corrected chi connectivity index (χ2v) is 2.05. The zero-order chi connectivity index (χ0) is 7.40. The van der Waals surface area contributed by atoms with Crippen LogP contribution >= 0.6 is 0 Å². The minimum Gasteiger partial charge on any atom is -0.540 e. The van der Waals surface area contributed by atoms with Crippen molar-refractivity contribution in [1.82, 2.24) is 0 Å². The summed E-state index contributed by atoms with van der Waals surface area (Å²) in [5, 5.41) is 0. The van der Waals surface area contributed by atoms with Crippen LogP contribution in [-0.2, 0) is 0 Å². The zero-order valence-corrected chi connectivity index (χ0v) is 6.50. The first-order chi connectivity index (χ1) is 4.88. The summed E-state index contributed by atoms with van der Waals surface area (Å²) in [5.41, 5.74) is 0.984. The van der Waals surface area contributed by atoms with Gasteiger partial charge in [-0.3, -0.25) is 0 Å². The monoisotopic (exact) mass is 147 g/mol. The van der Waals surface area contributed by atoms with Gasteiger partial charge in [0.2, 0.25) is 0 Å². The van der Waals surface area contributed by atoms with Crippen molar-refractivity contribution in [3.05, 3.63) is 36.4 Å². The van der Waals surface area contributed by atoms with Crippen LogP contribution in [0.15, 0.2) is 30.8 Å². The fourth-order valence-electron chi connectivity index (χ4n) is 0.742. The summed E-state index contributed by atoms with van der Waals surface area (Å²) in [6.07, 6.45) is 1.75. The molecule has 10 heavy (non-hydrogen) atoms. The fourth-order valence-corrected chi connectivity index (χ4v) is 0.928. The lowest BCUT2D eigenvalue weighted by molar-refractivity contribution is 0.614. The molecule has 49 valence electrons. The summed E-state index contributed by atoms with van der Waals surface area (Å²) in [4.78, 5) is 0. The van der Waals surface area contributed by atoms with E-state index in [-0.39, 0.29) is 0 Å². The molecule has 0 fully saturated rings. The van der Waals surface area contributed by atoms with E-state index < -0.39 is 0 Å². The van der Waals surface area contributed by atoms with Crippen LogP contribution in [-0.4, -0.2) is 10.5 Å². The third kappa shape index (κ3) is 1.28. The Morgan fingerprint density at radius 3 is 2.60 bits per heavy atom. The topological polar surface area (TPSA) is 9.23 Å². The molecule has 0 heterocycles. The van der Waals surface area contributed by atoms with Crippen molar-refractivity contribution in [3.8, 4) is 5.75 Å². The number of hydrogen-bond acceptors (Lipinski definition) is 1. The quantitative estimate of drug-likeness (QED) is 0.579. The highest BCUT2D eigenvalue weighted by Gasteiger charge is 1.93. The molecule has 0 aliphatic heterocycles. The highest BCUT2D eigenvalue weighted by Crippen LogP contribution is 2.17. The van der Waals surface area contributed by atoms with E-state index >= 15 is 0 Å². The highest BCUT2D eigenvalue weighted by atomic mass is 28.2. The van der Waals surface area contributed by atoms with Crippen molar-refractivity contribution in [1.29, 1.82) is 0 Å². The summed E-state index contributed by atoms with van der Waals surface area (Å²) in [6, 6.07) is 7.64. The number of para-hydroxylation sites is 1. The van der Waals surface area contributed by atoms with E-state index in [9.17, 15) is 0 Å². The van der Waals surface area contributed by atoms with Crippen LogP contribution in [0.3, 0.4) is 0 Å². The Labute approximate surface area is 63.9 Å². The first-order valence-corrected chi connectivity index (χ1v) is 3.34. The van der Waals surface area contributed by atoms with Crippen LogP contribution < -0.4 is 4.43 Å². The first kappa shape index (κ1) is 7.09. The van der Waals surface area contributed by atoms with E-state index in [1.54, 1.807) is 6.08 Å². The zero-order valence-electron chi connectivity index (χ0n) is 5.50. The maximum Gasteiger partial charge on any atom is 0.341 e. The van der Waals surface area contributed by atoms with Gasteiger partial charge in [0.05, 0.1) is 0 Å². The normalized spacial score (nSPS) is 8.90. The molecule has 0 saturated heterocycles. The third-order valence-corrected chi connectivity index (χ3v) is 1.47. The van der Waals surface area contributed by atoms with Gasteiger partial charge >= 0.3 is 10.5 Å². The van der Waals surface area contributed by atoms with Gasteiger partial charge in [-0.05, 0) is 6.07 Å². The SMILES string of the molecule is C=Cc1ccccc1O[Si]. The molecule has 0 N–H and O–H groups in total. The molecule has 1 nitrogen and oxygen atoms in total. The Hall–Kier alpha value is -1.02. The van der Waals surface area contributed by atoms with Gasteiger partial charge in [0.25, 0.3) is 0 Å². The molecule has 3 radical (unpaired) electrons. The lowest BCUT2D eigenvalue weighted by Crippen LogP contribution is -1.86. The minimum atomic E-state index is 0.786.